The number of benzene rings is 2. The number of aromatic nitrogens is 1. The second kappa shape index (κ2) is 8.67. The van der Waals surface area contributed by atoms with Gasteiger partial charge in [0.1, 0.15) is 10.5 Å². The Labute approximate surface area is 191 Å². The number of aryl methyl sites for hydroxylation is 2. The minimum atomic E-state index is -4.56. The molecule has 2 aromatic carbocycles. The third kappa shape index (κ3) is 4.73. The lowest BCUT2D eigenvalue weighted by Crippen LogP contribution is -2.15. The average Bonchev–Trinajstić information content (AvgIpc) is 3.11. The normalized spacial score (nSPS) is 11.4. The minimum Gasteiger partial charge on any atom is -0.322 e. The highest BCUT2D eigenvalue weighted by Crippen LogP contribution is 2.34. The highest BCUT2D eigenvalue weighted by Gasteiger charge is 2.33. The molecule has 2 amide bonds. The number of nitrogens with zero attached hydrogens (tertiary/aromatic N) is 1. The second-order valence-corrected chi connectivity index (χ2v) is 8.41. The molecule has 5 nitrogen and oxygen atoms in total. The summed E-state index contributed by atoms with van der Waals surface area (Å²) in [5.41, 5.74) is 1.70. The first kappa shape index (κ1) is 22.5. The number of anilines is 2. The first-order valence-electron chi connectivity index (χ1n) is 9.89. The molecule has 0 saturated carbocycles. The van der Waals surface area contributed by atoms with Crippen LogP contribution in [0.5, 0.6) is 0 Å². The smallest absolute Gasteiger partial charge is 0.322 e. The molecule has 2 aromatic heterocycles. The number of rotatable bonds is 4. The number of hydrogen-bond donors (Lipinski definition) is 2. The van der Waals surface area contributed by atoms with Gasteiger partial charge in [-0.25, -0.2) is 4.98 Å². The van der Waals surface area contributed by atoms with Crippen molar-refractivity contribution in [1.29, 1.82) is 0 Å². The van der Waals surface area contributed by atoms with Crippen LogP contribution in [0.4, 0.5) is 24.5 Å². The van der Waals surface area contributed by atoms with Crippen molar-refractivity contribution >= 4 is 44.7 Å². The molecule has 168 valence electrons. The quantitative estimate of drug-likeness (QED) is 0.362. The summed E-state index contributed by atoms with van der Waals surface area (Å²) < 4.78 is 39.0. The Morgan fingerprint density at radius 3 is 2.33 bits per heavy atom. The van der Waals surface area contributed by atoms with E-state index in [9.17, 15) is 22.8 Å². The highest BCUT2D eigenvalue weighted by molar-refractivity contribution is 7.20. The van der Waals surface area contributed by atoms with Gasteiger partial charge in [0, 0.05) is 22.3 Å². The van der Waals surface area contributed by atoms with E-state index in [2.05, 4.69) is 15.6 Å². The molecule has 4 aromatic rings. The lowest BCUT2D eigenvalue weighted by Gasteiger charge is -2.11. The molecule has 9 heteroatoms. The molecule has 2 N–H and O–H groups in total. The molecule has 4 rings (SSSR count). The standard InChI is InChI=1S/C24H18F3N3O2S/c1-13-8-9-15(21(31)28-16-6-4-3-5-7-16)12-18(13)29-22(32)20-14(2)17-10-11-19(24(25,26)27)30-23(17)33-20/h3-12H,1-2H3,(H,28,31)(H,29,32). The molecule has 0 atom stereocenters. The molecule has 0 fully saturated rings. The van der Waals surface area contributed by atoms with Gasteiger partial charge in [-0.15, -0.1) is 11.3 Å². The van der Waals surface area contributed by atoms with Gasteiger partial charge >= 0.3 is 6.18 Å². The Morgan fingerprint density at radius 1 is 0.909 bits per heavy atom. The SMILES string of the molecule is Cc1ccc(C(=O)Nc2ccccc2)cc1NC(=O)c1sc2nc(C(F)(F)F)ccc2c1C. The zero-order valence-corrected chi connectivity index (χ0v) is 18.4. The summed E-state index contributed by atoms with van der Waals surface area (Å²) in [5, 5.41) is 6.05. The molecule has 2 heterocycles. The molecule has 33 heavy (non-hydrogen) atoms. The maximum Gasteiger partial charge on any atom is 0.433 e. The van der Waals surface area contributed by atoms with Crippen LogP contribution in [0.25, 0.3) is 10.2 Å². The van der Waals surface area contributed by atoms with E-state index in [1.807, 2.05) is 6.07 Å². The third-order valence-corrected chi connectivity index (χ3v) is 6.28. The third-order valence-electron chi connectivity index (χ3n) is 5.08. The Hall–Kier alpha value is -3.72. The Bertz CT molecular complexity index is 1360. The van der Waals surface area contributed by atoms with Crippen molar-refractivity contribution in [3.63, 3.8) is 0 Å². The van der Waals surface area contributed by atoms with E-state index in [1.165, 1.54) is 6.07 Å². The molecule has 0 aliphatic heterocycles. The van der Waals surface area contributed by atoms with Crippen molar-refractivity contribution in [2.45, 2.75) is 20.0 Å². The van der Waals surface area contributed by atoms with Gasteiger partial charge in [0.05, 0.1) is 4.88 Å². The van der Waals surface area contributed by atoms with Crippen molar-refractivity contribution in [3.8, 4) is 0 Å². The fourth-order valence-corrected chi connectivity index (χ4v) is 4.35. The largest absolute Gasteiger partial charge is 0.433 e. The number of hydrogen-bond acceptors (Lipinski definition) is 4. The first-order chi connectivity index (χ1) is 15.6. The summed E-state index contributed by atoms with van der Waals surface area (Å²) in [6.45, 7) is 3.45. The molecular formula is C24H18F3N3O2S. The summed E-state index contributed by atoms with van der Waals surface area (Å²) in [4.78, 5) is 29.6. The van der Waals surface area contributed by atoms with Crippen molar-refractivity contribution in [2.24, 2.45) is 0 Å². The molecule has 0 spiro atoms. The lowest BCUT2D eigenvalue weighted by atomic mass is 10.1. The average molecular weight is 469 g/mol. The molecular weight excluding hydrogens is 451 g/mol. The number of thiophene rings is 1. The summed E-state index contributed by atoms with van der Waals surface area (Å²) in [7, 11) is 0. The van der Waals surface area contributed by atoms with Crippen LogP contribution in [0.15, 0.2) is 60.7 Å². The van der Waals surface area contributed by atoms with E-state index in [4.69, 9.17) is 0 Å². The van der Waals surface area contributed by atoms with Crippen LogP contribution >= 0.6 is 11.3 Å². The van der Waals surface area contributed by atoms with Crippen LogP contribution in [-0.4, -0.2) is 16.8 Å². The maximum absolute atomic E-state index is 13.0. The van der Waals surface area contributed by atoms with E-state index in [1.54, 1.807) is 56.3 Å². The fraction of sp³-hybridized carbons (Fsp3) is 0.125. The first-order valence-corrected chi connectivity index (χ1v) is 10.7. The van der Waals surface area contributed by atoms with Gasteiger partial charge in [-0.2, -0.15) is 13.2 Å². The Balaban J connectivity index is 1.59. The molecule has 0 saturated heterocycles. The Kier molecular flexibility index (Phi) is 5.90. The maximum atomic E-state index is 13.0. The van der Waals surface area contributed by atoms with Crippen LogP contribution in [0.3, 0.4) is 0 Å². The zero-order valence-electron chi connectivity index (χ0n) is 17.6. The van der Waals surface area contributed by atoms with E-state index in [0.717, 1.165) is 23.0 Å². The van der Waals surface area contributed by atoms with Crippen LogP contribution in [0.2, 0.25) is 0 Å². The molecule has 0 aliphatic rings. The Morgan fingerprint density at radius 2 is 1.64 bits per heavy atom. The van der Waals surface area contributed by atoms with Crippen LogP contribution in [0.1, 0.15) is 36.9 Å². The number of para-hydroxylation sites is 1. The van der Waals surface area contributed by atoms with Crippen LogP contribution in [-0.2, 0) is 6.18 Å². The highest BCUT2D eigenvalue weighted by atomic mass is 32.1. The number of amides is 2. The van der Waals surface area contributed by atoms with Crippen molar-refractivity contribution in [3.05, 3.63) is 87.9 Å². The monoisotopic (exact) mass is 469 g/mol. The van der Waals surface area contributed by atoms with E-state index >= 15 is 0 Å². The van der Waals surface area contributed by atoms with Crippen LogP contribution in [0, 0.1) is 13.8 Å². The van der Waals surface area contributed by atoms with Gasteiger partial charge in [-0.05, 0) is 61.4 Å². The minimum absolute atomic E-state index is 0.139. The number of nitrogens with one attached hydrogen (secondary N) is 2. The van der Waals surface area contributed by atoms with Gasteiger partial charge in [-0.1, -0.05) is 24.3 Å². The summed E-state index contributed by atoms with van der Waals surface area (Å²) >= 11 is 0.897. The number of alkyl halides is 3. The van der Waals surface area contributed by atoms with Gasteiger partial charge < -0.3 is 10.6 Å². The van der Waals surface area contributed by atoms with Gasteiger partial charge in [-0.3, -0.25) is 9.59 Å². The molecule has 0 aliphatic carbocycles. The lowest BCUT2D eigenvalue weighted by molar-refractivity contribution is -0.140. The van der Waals surface area contributed by atoms with Crippen molar-refractivity contribution in [1.82, 2.24) is 4.98 Å². The second-order valence-electron chi connectivity index (χ2n) is 7.41. The predicted molar refractivity (Wildman–Crippen MR) is 123 cm³/mol. The number of halogens is 3. The van der Waals surface area contributed by atoms with Crippen molar-refractivity contribution < 1.29 is 22.8 Å². The predicted octanol–water partition coefficient (Wildman–Crippen LogP) is 6.44. The number of fused-ring (bicyclic) bond motifs is 1. The number of carbonyl (C=O) groups excluding carboxylic acids is 2. The summed E-state index contributed by atoms with van der Waals surface area (Å²) in [6, 6.07) is 16.1. The molecule has 0 unspecified atom stereocenters. The number of pyridine rings is 1. The molecule has 0 bridgehead atoms. The van der Waals surface area contributed by atoms with E-state index < -0.39 is 17.8 Å². The zero-order chi connectivity index (χ0) is 23.8. The topological polar surface area (TPSA) is 71.1 Å². The van der Waals surface area contributed by atoms with Crippen molar-refractivity contribution in [2.75, 3.05) is 10.6 Å². The van der Waals surface area contributed by atoms with Crippen LogP contribution < -0.4 is 10.6 Å². The summed E-state index contributed by atoms with van der Waals surface area (Å²) in [6.07, 6.45) is -4.56. The fourth-order valence-electron chi connectivity index (χ4n) is 3.28. The summed E-state index contributed by atoms with van der Waals surface area (Å²) in [5.74, 6) is -0.814. The van der Waals surface area contributed by atoms with Gasteiger partial charge in [0.25, 0.3) is 11.8 Å². The van der Waals surface area contributed by atoms with E-state index in [-0.39, 0.29) is 15.6 Å². The number of carbonyl (C=O) groups is 2. The molecule has 0 radical (unpaired) electrons. The van der Waals surface area contributed by atoms with Gasteiger partial charge in [0.15, 0.2) is 0 Å². The van der Waals surface area contributed by atoms with Gasteiger partial charge in [0.2, 0.25) is 0 Å². The van der Waals surface area contributed by atoms with E-state index in [0.29, 0.717) is 27.9 Å².